The maximum atomic E-state index is 12.9. The van der Waals surface area contributed by atoms with Crippen molar-refractivity contribution >= 4 is 17.7 Å². The number of hydrogen-bond acceptors (Lipinski definition) is 3. The lowest BCUT2D eigenvalue weighted by Gasteiger charge is -2.39. The average molecular weight is 318 g/mol. The third kappa shape index (κ3) is 3.11. The number of carboxylic acids is 1. The van der Waals surface area contributed by atoms with Gasteiger partial charge < -0.3 is 14.7 Å². The van der Waals surface area contributed by atoms with Crippen molar-refractivity contribution in [1.29, 1.82) is 0 Å². The van der Waals surface area contributed by atoms with Gasteiger partial charge in [-0.2, -0.15) is 0 Å². The summed E-state index contributed by atoms with van der Waals surface area (Å²) >= 11 is 0. The Morgan fingerprint density at radius 1 is 1.30 bits per heavy atom. The molecule has 124 valence electrons. The lowest BCUT2D eigenvalue weighted by atomic mass is 9.98. The zero-order chi connectivity index (χ0) is 16.4. The molecule has 0 aliphatic carbocycles. The van der Waals surface area contributed by atoms with E-state index in [9.17, 15) is 14.7 Å². The first-order valence-electron chi connectivity index (χ1n) is 8.15. The summed E-state index contributed by atoms with van der Waals surface area (Å²) in [4.78, 5) is 27.6. The van der Waals surface area contributed by atoms with E-state index in [1.165, 1.54) is 0 Å². The van der Waals surface area contributed by atoms with E-state index in [-0.39, 0.29) is 18.7 Å². The number of aliphatic carboxylic acids is 1. The smallest absolute Gasteiger partial charge is 0.324 e. The number of para-hydroxylation sites is 2. The van der Waals surface area contributed by atoms with Crippen LogP contribution < -0.4 is 9.64 Å². The van der Waals surface area contributed by atoms with Crippen LogP contribution in [-0.2, 0) is 4.79 Å². The van der Waals surface area contributed by atoms with E-state index >= 15 is 0 Å². The third-order valence-corrected chi connectivity index (χ3v) is 4.56. The standard InChI is InChI=1S/C17H22N2O4/c1-2-13-11-19(14-7-3-4-8-15(14)23-13)17(22)18-9-5-6-12(10-18)16(20)21/h3-4,7-8,12-13H,2,5-6,9-11H2,1H3,(H,20,21). The zero-order valence-electron chi connectivity index (χ0n) is 13.3. The van der Waals surface area contributed by atoms with Crippen LogP contribution >= 0.6 is 0 Å². The molecule has 0 aromatic heterocycles. The van der Waals surface area contributed by atoms with Crippen molar-refractivity contribution in [2.75, 3.05) is 24.5 Å². The Bertz CT molecular complexity index is 604. The summed E-state index contributed by atoms with van der Waals surface area (Å²) in [6, 6.07) is 7.39. The monoisotopic (exact) mass is 318 g/mol. The molecule has 1 aromatic carbocycles. The number of carboxylic acid groups (broad SMARTS) is 1. The fourth-order valence-electron chi connectivity index (χ4n) is 3.22. The number of urea groups is 1. The van der Waals surface area contributed by atoms with Gasteiger partial charge in [0.25, 0.3) is 0 Å². The highest BCUT2D eigenvalue weighted by atomic mass is 16.5. The summed E-state index contributed by atoms with van der Waals surface area (Å²) in [5.41, 5.74) is 0.764. The van der Waals surface area contributed by atoms with Crippen LogP contribution in [0.2, 0.25) is 0 Å². The van der Waals surface area contributed by atoms with Gasteiger partial charge in [-0.05, 0) is 31.4 Å². The number of amides is 2. The number of carbonyl (C=O) groups excluding carboxylic acids is 1. The number of likely N-dealkylation sites (tertiary alicyclic amines) is 1. The molecule has 2 aliphatic rings. The van der Waals surface area contributed by atoms with Gasteiger partial charge in [-0.1, -0.05) is 19.1 Å². The van der Waals surface area contributed by atoms with Gasteiger partial charge >= 0.3 is 12.0 Å². The highest BCUT2D eigenvalue weighted by Gasteiger charge is 2.35. The molecule has 0 radical (unpaired) electrons. The third-order valence-electron chi connectivity index (χ3n) is 4.56. The molecular formula is C17H22N2O4. The number of nitrogens with zero attached hydrogens (tertiary/aromatic N) is 2. The molecule has 0 spiro atoms. The van der Waals surface area contributed by atoms with Gasteiger partial charge in [0.1, 0.15) is 11.9 Å². The molecule has 6 nitrogen and oxygen atoms in total. The zero-order valence-corrected chi connectivity index (χ0v) is 13.3. The molecule has 2 aliphatic heterocycles. The first-order chi connectivity index (χ1) is 11.1. The number of hydrogen-bond donors (Lipinski definition) is 1. The number of anilines is 1. The molecule has 1 N–H and O–H groups in total. The molecule has 2 atom stereocenters. The number of piperidine rings is 1. The van der Waals surface area contributed by atoms with E-state index in [0.717, 1.165) is 18.5 Å². The van der Waals surface area contributed by atoms with Gasteiger partial charge in [0, 0.05) is 13.1 Å². The summed E-state index contributed by atoms with van der Waals surface area (Å²) in [6.07, 6.45) is 2.15. The minimum Gasteiger partial charge on any atom is -0.486 e. The van der Waals surface area contributed by atoms with Crippen LogP contribution in [0.5, 0.6) is 5.75 Å². The average Bonchev–Trinajstić information content (AvgIpc) is 2.60. The van der Waals surface area contributed by atoms with E-state index in [0.29, 0.717) is 25.3 Å². The topological polar surface area (TPSA) is 70.1 Å². The summed E-state index contributed by atoms with van der Waals surface area (Å²) < 4.78 is 5.90. The Morgan fingerprint density at radius 3 is 2.83 bits per heavy atom. The molecule has 0 saturated carbocycles. The van der Waals surface area contributed by atoms with Crippen molar-refractivity contribution in [3.63, 3.8) is 0 Å². The first-order valence-corrected chi connectivity index (χ1v) is 8.15. The lowest BCUT2D eigenvalue weighted by Crippen LogP contribution is -2.52. The van der Waals surface area contributed by atoms with Crippen molar-refractivity contribution in [1.82, 2.24) is 4.90 Å². The van der Waals surface area contributed by atoms with Crippen molar-refractivity contribution in [2.45, 2.75) is 32.3 Å². The Labute approximate surface area is 135 Å². The Kier molecular flexibility index (Phi) is 4.41. The van der Waals surface area contributed by atoms with Crippen LogP contribution in [0.1, 0.15) is 26.2 Å². The van der Waals surface area contributed by atoms with E-state index in [1.807, 2.05) is 31.2 Å². The van der Waals surface area contributed by atoms with Gasteiger partial charge in [-0.25, -0.2) is 4.79 Å². The predicted molar refractivity (Wildman–Crippen MR) is 85.8 cm³/mol. The molecule has 3 rings (SSSR count). The van der Waals surface area contributed by atoms with E-state index in [1.54, 1.807) is 9.80 Å². The van der Waals surface area contributed by atoms with Gasteiger partial charge in [0.2, 0.25) is 0 Å². The maximum absolute atomic E-state index is 12.9. The summed E-state index contributed by atoms with van der Waals surface area (Å²) in [7, 11) is 0. The van der Waals surface area contributed by atoms with E-state index < -0.39 is 11.9 Å². The fraction of sp³-hybridized carbons (Fsp3) is 0.529. The minimum absolute atomic E-state index is 0.0334. The van der Waals surface area contributed by atoms with Crippen LogP contribution in [0, 0.1) is 5.92 Å². The Morgan fingerprint density at radius 2 is 2.09 bits per heavy atom. The van der Waals surface area contributed by atoms with Crippen LogP contribution in [0.25, 0.3) is 0 Å². The second-order valence-corrected chi connectivity index (χ2v) is 6.13. The normalized spacial score (nSPS) is 23.9. The predicted octanol–water partition coefficient (Wildman–Crippen LogP) is 2.58. The molecule has 1 fully saturated rings. The highest BCUT2D eigenvalue weighted by Crippen LogP contribution is 2.34. The van der Waals surface area contributed by atoms with Gasteiger partial charge in [0.05, 0.1) is 18.2 Å². The van der Waals surface area contributed by atoms with Gasteiger partial charge in [0.15, 0.2) is 0 Å². The molecule has 1 aromatic rings. The molecule has 1 saturated heterocycles. The first kappa shape index (κ1) is 15.6. The SMILES string of the molecule is CCC1CN(C(=O)N2CCCC(C(=O)O)C2)c2ccccc2O1. The van der Waals surface area contributed by atoms with Crippen LogP contribution in [0.4, 0.5) is 10.5 Å². The largest absolute Gasteiger partial charge is 0.486 e. The second kappa shape index (κ2) is 6.48. The summed E-state index contributed by atoms with van der Waals surface area (Å²) in [6.45, 7) is 3.42. The molecular weight excluding hydrogens is 296 g/mol. The van der Waals surface area contributed by atoms with E-state index in [2.05, 4.69) is 0 Å². The quantitative estimate of drug-likeness (QED) is 0.910. The highest BCUT2D eigenvalue weighted by molar-refractivity contribution is 5.94. The van der Waals surface area contributed by atoms with Crippen molar-refractivity contribution in [2.24, 2.45) is 5.92 Å². The molecule has 2 amide bonds. The summed E-state index contributed by atoms with van der Waals surface area (Å²) in [5.74, 6) is -0.576. The summed E-state index contributed by atoms with van der Waals surface area (Å²) in [5, 5.41) is 9.21. The van der Waals surface area contributed by atoms with Crippen molar-refractivity contribution < 1.29 is 19.4 Å². The van der Waals surface area contributed by atoms with Gasteiger partial charge in [-0.3, -0.25) is 9.69 Å². The Balaban J connectivity index is 1.82. The Hall–Kier alpha value is -2.24. The van der Waals surface area contributed by atoms with Crippen LogP contribution in [0.3, 0.4) is 0 Å². The lowest BCUT2D eigenvalue weighted by molar-refractivity contribution is -0.143. The molecule has 6 heteroatoms. The number of rotatable bonds is 2. The fourth-order valence-corrected chi connectivity index (χ4v) is 3.22. The van der Waals surface area contributed by atoms with Crippen molar-refractivity contribution in [3.8, 4) is 5.75 Å². The van der Waals surface area contributed by atoms with Crippen LogP contribution in [-0.4, -0.2) is 47.7 Å². The molecule has 0 bridgehead atoms. The minimum atomic E-state index is -0.823. The molecule has 23 heavy (non-hydrogen) atoms. The number of carbonyl (C=O) groups is 2. The van der Waals surface area contributed by atoms with E-state index in [4.69, 9.17) is 4.74 Å². The van der Waals surface area contributed by atoms with Gasteiger partial charge in [-0.15, -0.1) is 0 Å². The maximum Gasteiger partial charge on any atom is 0.324 e. The van der Waals surface area contributed by atoms with Crippen LogP contribution in [0.15, 0.2) is 24.3 Å². The second-order valence-electron chi connectivity index (χ2n) is 6.13. The number of ether oxygens (including phenoxy) is 1. The number of fused-ring (bicyclic) bond motifs is 1. The number of benzene rings is 1. The molecule has 2 unspecified atom stereocenters. The van der Waals surface area contributed by atoms with Crippen molar-refractivity contribution in [3.05, 3.63) is 24.3 Å². The molecule has 2 heterocycles.